The summed E-state index contributed by atoms with van der Waals surface area (Å²) in [6.07, 6.45) is 0.161. The molecule has 1 aromatic heterocycles. The molecule has 1 amide bonds. The van der Waals surface area contributed by atoms with E-state index in [1.54, 1.807) is 0 Å². The Kier molecular flexibility index (Phi) is 6.08. The van der Waals surface area contributed by atoms with Crippen LogP contribution in [0.15, 0.2) is 47.5 Å². The number of amides is 1. The molecule has 0 fully saturated rings. The first-order valence-electron chi connectivity index (χ1n) is 7.72. The van der Waals surface area contributed by atoms with Gasteiger partial charge >= 0.3 is 5.82 Å². The van der Waals surface area contributed by atoms with Gasteiger partial charge in [0.1, 0.15) is 6.20 Å². The highest BCUT2D eigenvalue weighted by atomic mass is 32.2. The molecular formula is C16H18N4O6S. The SMILES string of the molecule is C[C@H](Oc1cccnc1[N+](=O)[O-])C(=O)Nc1cccc(S(=O)(=O)N(C)C)c1. The Bertz CT molecular complexity index is 961. The molecule has 10 nitrogen and oxygen atoms in total. The highest BCUT2D eigenvalue weighted by Crippen LogP contribution is 2.24. The van der Waals surface area contributed by atoms with Crippen molar-refractivity contribution in [2.24, 2.45) is 0 Å². The third kappa shape index (κ3) is 4.77. The Morgan fingerprint density at radius 1 is 1.30 bits per heavy atom. The first-order valence-corrected chi connectivity index (χ1v) is 9.16. The fraction of sp³-hybridized carbons (Fsp3) is 0.250. The topological polar surface area (TPSA) is 132 Å². The van der Waals surface area contributed by atoms with Crippen LogP contribution < -0.4 is 10.1 Å². The Morgan fingerprint density at radius 2 is 2.00 bits per heavy atom. The minimum Gasteiger partial charge on any atom is -0.473 e. The average Bonchev–Trinajstić information content (AvgIpc) is 2.62. The molecule has 27 heavy (non-hydrogen) atoms. The third-order valence-corrected chi connectivity index (χ3v) is 5.29. The van der Waals surface area contributed by atoms with Gasteiger partial charge in [-0.3, -0.25) is 4.79 Å². The molecule has 0 unspecified atom stereocenters. The Hall–Kier alpha value is -3.05. The zero-order valence-corrected chi connectivity index (χ0v) is 15.6. The van der Waals surface area contributed by atoms with Crippen LogP contribution in [0, 0.1) is 10.1 Å². The number of nitro groups is 1. The summed E-state index contributed by atoms with van der Waals surface area (Å²) in [6.45, 7) is 1.41. The molecular weight excluding hydrogens is 376 g/mol. The summed E-state index contributed by atoms with van der Waals surface area (Å²) in [5, 5.41) is 13.5. The highest BCUT2D eigenvalue weighted by Gasteiger charge is 2.23. The van der Waals surface area contributed by atoms with Crippen molar-refractivity contribution in [1.29, 1.82) is 0 Å². The van der Waals surface area contributed by atoms with Crippen LogP contribution in [0.25, 0.3) is 0 Å². The fourth-order valence-electron chi connectivity index (χ4n) is 2.04. The standard InChI is InChI=1S/C16H18N4O6S/c1-11(26-14-8-5-9-17-15(14)20(22)23)16(21)18-12-6-4-7-13(10-12)27(24,25)19(2)3/h4-11H,1-3H3,(H,18,21)/t11-/m0/s1. The Balaban J connectivity index is 2.15. The molecule has 0 bridgehead atoms. The zero-order valence-electron chi connectivity index (χ0n) is 14.8. The summed E-state index contributed by atoms with van der Waals surface area (Å²) in [5.74, 6) is -1.25. The molecule has 1 aromatic carbocycles. The van der Waals surface area contributed by atoms with E-state index in [1.807, 2.05) is 0 Å². The number of carbonyl (C=O) groups excluding carboxylic acids is 1. The van der Waals surface area contributed by atoms with Gasteiger partial charge in [-0.2, -0.15) is 0 Å². The van der Waals surface area contributed by atoms with E-state index in [0.717, 1.165) is 4.31 Å². The Labute approximate surface area is 156 Å². The van der Waals surface area contributed by atoms with Crippen molar-refractivity contribution in [2.45, 2.75) is 17.9 Å². The monoisotopic (exact) mass is 394 g/mol. The van der Waals surface area contributed by atoms with Gasteiger partial charge in [-0.15, -0.1) is 0 Å². The molecule has 1 atom stereocenters. The number of pyridine rings is 1. The molecule has 0 aliphatic carbocycles. The number of ether oxygens (including phenoxy) is 1. The van der Waals surface area contributed by atoms with E-state index < -0.39 is 32.8 Å². The van der Waals surface area contributed by atoms with Gasteiger partial charge in [0.25, 0.3) is 5.91 Å². The van der Waals surface area contributed by atoms with Gasteiger partial charge in [-0.1, -0.05) is 6.07 Å². The lowest BCUT2D eigenvalue weighted by Gasteiger charge is -2.15. The lowest BCUT2D eigenvalue weighted by molar-refractivity contribution is -0.390. The fourth-order valence-corrected chi connectivity index (χ4v) is 2.99. The van der Waals surface area contributed by atoms with E-state index in [4.69, 9.17) is 4.74 Å². The van der Waals surface area contributed by atoms with Crippen LogP contribution in [0.5, 0.6) is 5.75 Å². The highest BCUT2D eigenvalue weighted by molar-refractivity contribution is 7.89. The van der Waals surface area contributed by atoms with Gasteiger partial charge in [-0.05, 0) is 47.2 Å². The number of carbonyl (C=O) groups is 1. The molecule has 144 valence electrons. The summed E-state index contributed by atoms with van der Waals surface area (Å²) in [6, 6.07) is 8.51. The smallest absolute Gasteiger partial charge is 0.406 e. The molecule has 2 rings (SSSR count). The zero-order chi connectivity index (χ0) is 20.2. The van der Waals surface area contributed by atoms with E-state index >= 15 is 0 Å². The molecule has 2 aromatic rings. The van der Waals surface area contributed by atoms with Crippen LogP contribution in [-0.4, -0.2) is 48.7 Å². The first-order chi connectivity index (χ1) is 12.6. The summed E-state index contributed by atoms with van der Waals surface area (Å²) in [4.78, 5) is 26.2. The number of nitrogens with one attached hydrogen (secondary N) is 1. The van der Waals surface area contributed by atoms with Crippen LogP contribution in [0.3, 0.4) is 0 Å². The number of benzene rings is 1. The number of hydrogen-bond acceptors (Lipinski definition) is 7. The number of rotatable bonds is 7. The normalized spacial score (nSPS) is 12.4. The molecule has 0 aliphatic heterocycles. The summed E-state index contributed by atoms with van der Waals surface area (Å²) >= 11 is 0. The number of nitrogens with zero attached hydrogens (tertiary/aromatic N) is 3. The Morgan fingerprint density at radius 3 is 2.63 bits per heavy atom. The maximum atomic E-state index is 12.3. The summed E-state index contributed by atoms with van der Waals surface area (Å²) < 4.78 is 30.7. The van der Waals surface area contributed by atoms with E-state index in [0.29, 0.717) is 0 Å². The molecule has 1 heterocycles. The van der Waals surface area contributed by atoms with E-state index in [-0.39, 0.29) is 16.3 Å². The van der Waals surface area contributed by atoms with Crippen LogP contribution >= 0.6 is 0 Å². The van der Waals surface area contributed by atoms with E-state index in [9.17, 15) is 23.3 Å². The molecule has 0 radical (unpaired) electrons. The predicted molar refractivity (Wildman–Crippen MR) is 96.9 cm³/mol. The van der Waals surface area contributed by atoms with Gasteiger partial charge in [0.05, 0.1) is 4.90 Å². The minimum absolute atomic E-state index is 0.0155. The summed E-state index contributed by atoms with van der Waals surface area (Å²) in [7, 11) is -0.851. The van der Waals surface area contributed by atoms with Gasteiger partial charge < -0.3 is 20.2 Å². The molecule has 0 saturated carbocycles. The van der Waals surface area contributed by atoms with Crippen LogP contribution in [0.2, 0.25) is 0 Å². The van der Waals surface area contributed by atoms with Crippen LogP contribution in [-0.2, 0) is 14.8 Å². The van der Waals surface area contributed by atoms with Crippen molar-refractivity contribution in [3.8, 4) is 5.75 Å². The van der Waals surface area contributed by atoms with Crippen molar-refractivity contribution in [2.75, 3.05) is 19.4 Å². The number of hydrogen-bond donors (Lipinski definition) is 1. The maximum absolute atomic E-state index is 12.3. The molecule has 1 N–H and O–H groups in total. The lowest BCUT2D eigenvalue weighted by Crippen LogP contribution is -2.30. The van der Waals surface area contributed by atoms with Crippen molar-refractivity contribution in [3.05, 3.63) is 52.7 Å². The lowest BCUT2D eigenvalue weighted by atomic mass is 10.3. The number of anilines is 1. The molecule has 11 heteroatoms. The third-order valence-electron chi connectivity index (χ3n) is 3.48. The number of aromatic nitrogens is 1. The van der Waals surface area contributed by atoms with Crippen molar-refractivity contribution in [1.82, 2.24) is 9.29 Å². The molecule has 0 saturated heterocycles. The van der Waals surface area contributed by atoms with Crippen LogP contribution in [0.1, 0.15) is 6.92 Å². The largest absolute Gasteiger partial charge is 0.473 e. The minimum atomic E-state index is -3.65. The maximum Gasteiger partial charge on any atom is 0.406 e. The second-order valence-corrected chi connectivity index (χ2v) is 7.80. The van der Waals surface area contributed by atoms with Crippen molar-refractivity contribution in [3.63, 3.8) is 0 Å². The second kappa shape index (κ2) is 8.10. The van der Waals surface area contributed by atoms with E-state index in [1.165, 1.54) is 63.6 Å². The molecule has 0 aliphatic rings. The summed E-state index contributed by atoms with van der Waals surface area (Å²) in [5.41, 5.74) is 0.249. The first kappa shape index (κ1) is 20.3. The van der Waals surface area contributed by atoms with Crippen molar-refractivity contribution < 1.29 is 22.9 Å². The number of sulfonamides is 1. The van der Waals surface area contributed by atoms with Crippen LogP contribution in [0.4, 0.5) is 11.5 Å². The van der Waals surface area contributed by atoms with Crippen molar-refractivity contribution >= 4 is 27.4 Å². The quantitative estimate of drug-likeness (QED) is 0.558. The van der Waals surface area contributed by atoms with Gasteiger partial charge in [0, 0.05) is 19.8 Å². The van der Waals surface area contributed by atoms with Gasteiger partial charge in [0.15, 0.2) is 6.10 Å². The molecule has 0 spiro atoms. The second-order valence-electron chi connectivity index (χ2n) is 5.65. The van der Waals surface area contributed by atoms with E-state index in [2.05, 4.69) is 10.3 Å². The predicted octanol–water partition coefficient (Wildman–Crippen LogP) is 1.65. The van der Waals surface area contributed by atoms with Gasteiger partial charge in [-0.25, -0.2) is 12.7 Å². The average molecular weight is 394 g/mol. The van der Waals surface area contributed by atoms with Gasteiger partial charge in [0.2, 0.25) is 15.8 Å².